The Balaban J connectivity index is 0.000000366. The maximum atomic E-state index is 10.5. The molecule has 0 spiro atoms. The van der Waals surface area contributed by atoms with Gasteiger partial charge in [0.2, 0.25) is 0 Å². The third-order valence-corrected chi connectivity index (χ3v) is 2.62. The third kappa shape index (κ3) is 7.87. The second-order valence-electron chi connectivity index (χ2n) is 4.68. The van der Waals surface area contributed by atoms with Gasteiger partial charge < -0.3 is 0 Å². The van der Waals surface area contributed by atoms with Crippen LogP contribution in [0.2, 0.25) is 0 Å². The lowest BCUT2D eigenvalue weighted by Gasteiger charge is -2.14. The molecule has 0 fully saturated rings. The highest BCUT2D eigenvalue weighted by atomic mass is 32.2. The maximum Gasteiger partial charge on any atom is 0.294 e. The van der Waals surface area contributed by atoms with Crippen molar-refractivity contribution >= 4 is 10.1 Å². The van der Waals surface area contributed by atoms with E-state index < -0.39 is 10.1 Å². The molecular weight excluding hydrogens is 240 g/mol. The fourth-order valence-corrected chi connectivity index (χ4v) is 1.19. The third-order valence-electron chi connectivity index (χ3n) is 1.75. The van der Waals surface area contributed by atoms with E-state index in [1.54, 1.807) is 12.1 Å². The van der Waals surface area contributed by atoms with Gasteiger partial charge in [-0.3, -0.25) is 15.8 Å². The van der Waals surface area contributed by atoms with Gasteiger partial charge in [0.15, 0.2) is 0 Å². The Kier molecular flexibility index (Phi) is 5.77. The van der Waals surface area contributed by atoms with Crippen LogP contribution in [0.1, 0.15) is 26.3 Å². The van der Waals surface area contributed by atoms with Crippen molar-refractivity contribution < 1.29 is 13.0 Å². The summed E-state index contributed by atoms with van der Waals surface area (Å²) in [6, 6.07) is 5.99. The highest BCUT2D eigenvalue weighted by Gasteiger charge is 2.06. The lowest BCUT2D eigenvalue weighted by molar-refractivity contribution is 0.438. The van der Waals surface area contributed by atoms with Gasteiger partial charge in [-0.25, -0.2) is 0 Å². The first kappa shape index (κ1) is 16.1. The van der Waals surface area contributed by atoms with Crippen molar-refractivity contribution in [3.05, 3.63) is 29.8 Å². The Hall–Kier alpha value is -0.950. The molecule has 98 valence electrons. The Morgan fingerprint density at radius 2 is 1.53 bits per heavy atom. The predicted molar refractivity (Wildman–Crippen MR) is 68.1 cm³/mol. The fourth-order valence-electron chi connectivity index (χ4n) is 0.710. The molecule has 0 saturated heterocycles. The summed E-state index contributed by atoms with van der Waals surface area (Å²) in [6.07, 6.45) is 0. The van der Waals surface area contributed by atoms with Crippen LogP contribution in [0.25, 0.3) is 0 Å². The second kappa shape index (κ2) is 6.11. The van der Waals surface area contributed by atoms with E-state index in [0.717, 1.165) is 5.56 Å². The maximum absolute atomic E-state index is 10.5. The first-order valence-corrected chi connectivity index (χ1v) is 6.52. The number of nitrogens with one attached hydrogen (secondary N) is 1. The number of nitrogens with two attached hydrogens (primary N) is 1. The monoisotopic (exact) mass is 260 g/mol. The van der Waals surface area contributed by atoms with Crippen molar-refractivity contribution in [1.82, 2.24) is 5.43 Å². The van der Waals surface area contributed by atoms with Gasteiger partial charge in [0.05, 0.1) is 4.90 Å². The summed E-state index contributed by atoms with van der Waals surface area (Å²) >= 11 is 0. The SMILES string of the molecule is CC(C)(C)NN.Cc1ccc(S(=O)(=O)O)cc1. The van der Waals surface area contributed by atoms with Crippen molar-refractivity contribution in [2.75, 3.05) is 0 Å². The molecular formula is C11H20N2O3S. The van der Waals surface area contributed by atoms with Crippen molar-refractivity contribution in [3.8, 4) is 0 Å². The summed E-state index contributed by atoms with van der Waals surface area (Å²) < 4.78 is 29.6. The van der Waals surface area contributed by atoms with Crippen LogP contribution >= 0.6 is 0 Å². The van der Waals surface area contributed by atoms with Crippen LogP contribution in [-0.4, -0.2) is 18.5 Å². The van der Waals surface area contributed by atoms with E-state index in [-0.39, 0.29) is 10.4 Å². The van der Waals surface area contributed by atoms with Gasteiger partial charge in [0.1, 0.15) is 0 Å². The largest absolute Gasteiger partial charge is 0.294 e. The van der Waals surface area contributed by atoms with Crippen LogP contribution in [0.3, 0.4) is 0 Å². The summed E-state index contributed by atoms with van der Waals surface area (Å²) in [6.45, 7) is 7.86. The van der Waals surface area contributed by atoms with Gasteiger partial charge in [-0.05, 0) is 39.8 Å². The van der Waals surface area contributed by atoms with Gasteiger partial charge in [0, 0.05) is 5.54 Å². The van der Waals surface area contributed by atoms with Crippen LogP contribution in [0, 0.1) is 6.92 Å². The summed E-state index contributed by atoms with van der Waals surface area (Å²) in [5.41, 5.74) is 3.63. The molecule has 0 radical (unpaired) electrons. The zero-order chi connectivity index (χ0) is 13.7. The smallest absolute Gasteiger partial charge is 0.282 e. The first-order chi connectivity index (χ1) is 7.56. The number of hydrogen-bond acceptors (Lipinski definition) is 4. The van der Waals surface area contributed by atoms with Crippen LogP contribution < -0.4 is 11.3 Å². The van der Waals surface area contributed by atoms with Crippen molar-refractivity contribution in [3.63, 3.8) is 0 Å². The lowest BCUT2D eigenvalue weighted by Crippen LogP contribution is -2.41. The Bertz CT molecular complexity index is 433. The molecule has 0 aromatic heterocycles. The topological polar surface area (TPSA) is 92.4 Å². The van der Waals surface area contributed by atoms with E-state index in [4.69, 9.17) is 10.4 Å². The quantitative estimate of drug-likeness (QED) is 0.404. The van der Waals surface area contributed by atoms with Gasteiger partial charge in [-0.15, -0.1) is 0 Å². The summed E-state index contributed by atoms with van der Waals surface area (Å²) in [5.74, 6) is 5.06. The summed E-state index contributed by atoms with van der Waals surface area (Å²) in [4.78, 5) is -0.0666. The van der Waals surface area contributed by atoms with E-state index in [2.05, 4.69) is 5.43 Å². The number of aryl methyl sites for hydroxylation is 1. The van der Waals surface area contributed by atoms with Gasteiger partial charge in [-0.1, -0.05) is 17.7 Å². The fraction of sp³-hybridized carbons (Fsp3) is 0.455. The molecule has 0 amide bonds. The van der Waals surface area contributed by atoms with Crippen LogP contribution in [0.4, 0.5) is 0 Å². The van der Waals surface area contributed by atoms with E-state index in [1.165, 1.54) is 12.1 Å². The highest BCUT2D eigenvalue weighted by molar-refractivity contribution is 7.85. The van der Waals surface area contributed by atoms with Gasteiger partial charge >= 0.3 is 0 Å². The molecule has 0 bridgehead atoms. The zero-order valence-corrected chi connectivity index (χ0v) is 11.4. The second-order valence-corrected chi connectivity index (χ2v) is 6.10. The predicted octanol–water partition coefficient (Wildman–Crippen LogP) is 1.49. The Morgan fingerprint density at radius 3 is 1.76 bits per heavy atom. The van der Waals surface area contributed by atoms with Crippen molar-refractivity contribution in [1.29, 1.82) is 0 Å². The Labute approximate surface area is 103 Å². The molecule has 0 atom stereocenters. The van der Waals surface area contributed by atoms with Gasteiger partial charge in [-0.2, -0.15) is 8.42 Å². The van der Waals surface area contributed by atoms with E-state index in [0.29, 0.717) is 0 Å². The summed E-state index contributed by atoms with van der Waals surface area (Å²) in [5, 5.41) is 0. The molecule has 0 unspecified atom stereocenters. The zero-order valence-electron chi connectivity index (χ0n) is 10.6. The molecule has 0 aliphatic heterocycles. The highest BCUT2D eigenvalue weighted by Crippen LogP contribution is 2.08. The van der Waals surface area contributed by atoms with Crippen LogP contribution in [0.15, 0.2) is 29.2 Å². The summed E-state index contributed by atoms with van der Waals surface area (Å²) in [7, 11) is -4.02. The van der Waals surface area contributed by atoms with E-state index in [1.807, 2.05) is 27.7 Å². The minimum absolute atomic E-state index is 0.0666. The van der Waals surface area contributed by atoms with E-state index in [9.17, 15) is 8.42 Å². The van der Waals surface area contributed by atoms with Gasteiger partial charge in [0.25, 0.3) is 10.1 Å². The van der Waals surface area contributed by atoms with E-state index >= 15 is 0 Å². The first-order valence-electron chi connectivity index (χ1n) is 5.08. The molecule has 17 heavy (non-hydrogen) atoms. The average molecular weight is 260 g/mol. The molecule has 0 saturated carbocycles. The van der Waals surface area contributed by atoms with Crippen LogP contribution in [0.5, 0.6) is 0 Å². The molecule has 5 nitrogen and oxygen atoms in total. The van der Waals surface area contributed by atoms with Crippen molar-refractivity contribution in [2.24, 2.45) is 5.84 Å². The molecule has 6 heteroatoms. The Morgan fingerprint density at radius 1 is 1.18 bits per heavy atom. The van der Waals surface area contributed by atoms with Crippen molar-refractivity contribution in [2.45, 2.75) is 38.1 Å². The lowest BCUT2D eigenvalue weighted by atomic mass is 10.1. The number of hydrogen-bond donors (Lipinski definition) is 3. The minimum Gasteiger partial charge on any atom is -0.282 e. The normalized spacial score (nSPS) is 11.6. The molecule has 0 aliphatic rings. The number of benzene rings is 1. The molecule has 4 N–H and O–H groups in total. The molecule has 1 rings (SSSR count). The average Bonchev–Trinajstić information content (AvgIpc) is 2.17. The number of hydrazine groups is 1. The molecule has 1 aromatic rings. The number of rotatable bonds is 1. The minimum atomic E-state index is -4.02. The molecule has 0 heterocycles. The van der Waals surface area contributed by atoms with Crippen LogP contribution in [-0.2, 0) is 10.1 Å². The molecule has 1 aromatic carbocycles. The standard InChI is InChI=1S/C7H8O3S.C4H12N2/c1-6-2-4-7(5-3-6)11(8,9)10;1-4(2,3)6-5/h2-5H,1H3,(H,8,9,10);6H,5H2,1-3H3. The molecule has 0 aliphatic carbocycles.